The summed E-state index contributed by atoms with van der Waals surface area (Å²) in [5.74, 6) is 0.244. The summed E-state index contributed by atoms with van der Waals surface area (Å²) in [6.45, 7) is 0. The van der Waals surface area contributed by atoms with Crippen molar-refractivity contribution in [2.24, 2.45) is 0 Å². The minimum absolute atomic E-state index is 0.135. The molecule has 0 amide bonds. The number of hydrogen-bond acceptors (Lipinski definition) is 5. The van der Waals surface area contributed by atoms with Gasteiger partial charge >= 0.3 is 0 Å². The van der Waals surface area contributed by atoms with Gasteiger partial charge in [0.15, 0.2) is 6.10 Å². The molecule has 5 heteroatoms. The second kappa shape index (κ2) is 4.48. The molecule has 2 aromatic rings. The Morgan fingerprint density at radius 3 is 2.55 bits per heavy atom. The first-order chi connectivity index (χ1) is 10.7. The molecule has 1 saturated heterocycles. The van der Waals surface area contributed by atoms with E-state index in [0.717, 1.165) is 5.56 Å². The van der Waals surface area contributed by atoms with Crippen LogP contribution < -0.4 is 14.2 Å². The maximum atomic E-state index is 12.7. The number of methoxy groups -OCH3 is 2. The van der Waals surface area contributed by atoms with Gasteiger partial charge in [0.25, 0.3) is 5.79 Å². The van der Waals surface area contributed by atoms with Gasteiger partial charge < -0.3 is 18.9 Å². The zero-order chi connectivity index (χ0) is 15.3. The summed E-state index contributed by atoms with van der Waals surface area (Å²) in [7, 11) is 3.06. The molecule has 2 unspecified atom stereocenters. The van der Waals surface area contributed by atoms with E-state index in [4.69, 9.17) is 18.9 Å². The normalized spacial score (nSPS) is 24.8. The van der Waals surface area contributed by atoms with E-state index in [2.05, 4.69) is 0 Å². The third kappa shape index (κ3) is 1.66. The van der Waals surface area contributed by atoms with Crippen LogP contribution in [0.3, 0.4) is 0 Å². The lowest BCUT2D eigenvalue weighted by molar-refractivity contribution is 0.0565. The first-order valence-corrected chi connectivity index (χ1v) is 6.92. The fourth-order valence-corrected chi connectivity index (χ4v) is 2.86. The number of epoxide rings is 1. The first-order valence-electron chi connectivity index (χ1n) is 6.92. The summed E-state index contributed by atoms with van der Waals surface area (Å²) in [5.41, 5.74) is 1.22. The van der Waals surface area contributed by atoms with Crippen LogP contribution in [0.4, 0.5) is 0 Å². The van der Waals surface area contributed by atoms with Crippen LogP contribution in [0.5, 0.6) is 17.2 Å². The Morgan fingerprint density at radius 2 is 1.86 bits per heavy atom. The standard InChI is InChI=1S/C17H14O5/c1-19-11-8-12(20-2)14-13(9-11)21-17(16(22-17)15(14)18)10-6-4-3-5-7-10/h3-9,16H,1-2H3. The lowest BCUT2D eigenvalue weighted by Crippen LogP contribution is -2.31. The van der Waals surface area contributed by atoms with E-state index in [1.54, 1.807) is 19.2 Å². The molecular weight excluding hydrogens is 284 g/mol. The lowest BCUT2D eigenvalue weighted by Gasteiger charge is -2.23. The molecule has 0 N–H and O–H groups in total. The molecule has 2 atom stereocenters. The molecule has 5 nitrogen and oxygen atoms in total. The van der Waals surface area contributed by atoms with Crippen molar-refractivity contribution < 1.29 is 23.7 Å². The maximum absolute atomic E-state index is 12.7. The molecule has 0 aromatic heterocycles. The molecule has 22 heavy (non-hydrogen) atoms. The van der Waals surface area contributed by atoms with E-state index < -0.39 is 11.9 Å². The fraction of sp³-hybridized carbons (Fsp3) is 0.235. The van der Waals surface area contributed by atoms with Gasteiger partial charge in [-0.1, -0.05) is 30.3 Å². The van der Waals surface area contributed by atoms with Crippen molar-refractivity contribution in [3.8, 4) is 17.2 Å². The Bertz CT molecular complexity index is 755. The van der Waals surface area contributed by atoms with Crippen LogP contribution in [-0.4, -0.2) is 26.1 Å². The SMILES string of the molecule is COc1cc(OC)c2c(c1)OC1(c3ccccc3)OC1C2=O. The van der Waals surface area contributed by atoms with Crippen molar-refractivity contribution in [3.63, 3.8) is 0 Å². The Kier molecular flexibility index (Phi) is 2.68. The highest BCUT2D eigenvalue weighted by Gasteiger charge is 2.68. The number of carbonyl (C=O) groups excluding carboxylic acids is 1. The average molecular weight is 298 g/mol. The molecule has 0 bridgehead atoms. The van der Waals surface area contributed by atoms with Crippen LogP contribution >= 0.6 is 0 Å². The molecule has 0 radical (unpaired) electrons. The number of carbonyl (C=O) groups is 1. The van der Waals surface area contributed by atoms with Crippen LogP contribution in [0.15, 0.2) is 42.5 Å². The Morgan fingerprint density at radius 1 is 1.09 bits per heavy atom. The molecule has 2 aliphatic rings. The Balaban J connectivity index is 1.84. The van der Waals surface area contributed by atoms with Crippen LogP contribution in [0.1, 0.15) is 15.9 Å². The predicted molar refractivity (Wildman–Crippen MR) is 77.5 cm³/mol. The summed E-state index contributed by atoms with van der Waals surface area (Å²) < 4.78 is 22.2. The lowest BCUT2D eigenvalue weighted by atomic mass is 9.95. The van der Waals surface area contributed by atoms with Crippen molar-refractivity contribution in [1.82, 2.24) is 0 Å². The molecule has 0 saturated carbocycles. The second-order valence-corrected chi connectivity index (χ2v) is 5.20. The van der Waals surface area contributed by atoms with Gasteiger partial charge in [0, 0.05) is 17.7 Å². The Labute approximate surface area is 127 Å². The van der Waals surface area contributed by atoms with Gasteiger partial charge in [0.1, 0.15) is 22.8 Å². The number of ketones is 1. The van der Waals surface area contributed by atoms with Gasteiger partial charge in [-0.25, -0.2) is 0 Å². The number of hydrogen-bond donors (Lipinski definition) is 0. The molecule has 2 aromatic carbocycles. The summed E-state index contributed by atoms with van der Waals surface area (Å²) in [6.07, 6.45) is -0.635. The van der Waals surface area contributed by atoms with Crippen LogP contribution in [0.2, 0.25) is 0 Å². The number of fused-ring (bicyclic) bond motifs is 2. The molecule has 0 aliphatic carbocycles. The number of rotatable bonds is 3. The summed E-state index contributed by atoms with van der Waals surface area (Å²) in [5, 5.41) is 0. The van der Waals surface area contributed by atoms with E-state index in [-0.39, 0.29) is 5.78 Å². The summed E-state index contributed by atoms with van der Waals surface area (Å²) >= 11 is 0. The van der Waals surface area contributed by atoms with Crippen molar-refractivity contribution in [3.05, 3.63) is 53.6 Å². The molecule has 0 spiro atoms. The van der Waals surface area contributed by atoms with E-state index in [9.17, 15) is 4.79 Å². The van der Waals surface area contributed by atoms with E-state index in [0.29, 0.717) is 22.8 Å². The minimum Gasteiger partial charge on any atom is -0.496 e. The van der Waals surface area contributed by atoms with Gasteiger partial charge in [-0.05, 0) is 0 Å². The summed E-state index contributed by atoms with van der Waals surface area (Å²) in [4.78, 5) is 12.7. The first kappa shape index (κ1) is 13.2. The number of ether oxygens (including phenoxy) is 4. The minimum atomic E-state index is -1.03. The molecule has 2 heterocycles. The highest BCUT2D eigenvalue weighted by Crippen LogP contribution is 2.55. The van der Waals surface area contributed by atoms with E-state index in [1.807, 2.05) is 30.3 Å². The third-order valence-corrected chi connectivity index (χ3v) is 4.00. The van der Waals surface area contributed by atoms with Crippen LogP contribution in [-0.2, 0) is 10.5 Å². The zero-order valence-electron chi connectivity index (χ0n) is 12.2. The van der Waals surface area contributed by atoms with Gasteiger partial charge in [0.2, 0.25) is 5.78 Å². The second-order valence-electron chi connectivity index (χ2n) is 5.20. The molecule has 112 valence electrons. The van der Waals surface area contributed by atoms with Gasteiger partial charge in [0.05, 0.1) is 14.2 Å². The van der Waals surface area contributed by atoms with Crippen LogP contribution in [0, 0.1) is 0 Å². The highest BCUT2D eigenvalue weighted by molar-refractivity contribution is 6.07. The predicted octanol–water partition coefficient (Wildman–Crippen LogP) is 2.53. The van der Waals surface area contributed by atoms with E-state index in [1.165, 1.54) is 7.11 Å². The quantitative estimate of drug-likeness (QED) is 0.815. The topological polar surface area (TPSA) is 57.3 Å². The number of Topliss-reactive ketones (excluding diaryl/α,β-unsaturated/α-hetero) is 1. The summed E-state index contributed by atoms with van der Waals surface area (Å²) in [6, 6.07) is 12.8. The largest absolute Gasteiger partial charge is 0.496 e. The monoisotopic (exact) mass is 298 g/mol. The van der Waals surface area contributed by atoms with Crippen molar-refractivity contribution in [2.75, 3.05) is 14.2 Å². The molecule has 4 rings (SSSR count). The van der Waals surface area contributed by atoms with Gasteiger partial charge in [-0.3, -0.25) is 4.79 Å². The van der Waals surface area contributed by atoms with Gasteiger partial charge in [-0.2, -0.15) is 0 Å². The van der Waals surface area contributed by atoms with Crippen molar-refractivity contribution in [1.29, 1.82) is 0 Å². The Hall–Kier alpha value is -2.53. The highest BCUT2D eigenvalue weighted by atomic mass is 16.8. The smallest absolute Gasteiger partial charge is 0.272 e. The number of benzene rings is 2. The average Bonchev–Trinajstić information content (AvgIpc) is 3.31. The molecule has 2 aliphatic heterocycles. The van der Waals surface area contributed by atoms with Crippen molar-refractivity contribution >= 4 is 5.78 Å². The molecular formula is C17H14O5. The van der Waals surface area contributed by atoms with Gasteiger partial charge in [-0.15, -0.1) is 0 Å². The fourth-order valence-electron chi connectivity index (χ4n) is 2.86. The van der Waals surface area contributed by atoms with Crippen LogP contribution in [0.25, 0.3) is 0 Å². The van der Waals surface area contributed by atoms with E-state index >= 15 is 0 Å². The molecule has 1 fully saturated rings. The zero-order valence-corrected chi connectivity index (χ0v) is 12.2. The third-order valence-electron chi connectivity index (χ3n) is 4.00. The maximum Gasteiger partial charge on any atom is 0.272 e. The van der Waals surface area contributed by atoms with Crippen molar-refractivity contribution in [2.45, 2.75) is 11.9 Å².